The molecule has 3 heterocycles. The van der Waals surface area contributed by atoms with Crippen molar-refractivity contribution in [2.45, 2.75) is 6.04 Å². The summed E-state index contributed by atoms with van der Waals surface area (Å²) in [6, 6.07) is 5.05. The van der Waals surface area contributed by atoms with E-state index in [1.807, 2.05) is 0 Å². The van der Waals surface area contributed by atoms with E-state index in [0.29, 0.717) is 0 Å². The van der Waals surface area contributed by atoms with E-state index in [1.54, 1.807) is 0 Å². The molecule has 1 atom stereocenters. The molecule has 2 N–H and O–H groups in total. The summed E-state index contributed by atoms with van der Waals surface area (Å²) in [7, 11) is 0. The van der Waals surface area contributed by atoms with Crippen molar-refractivity contribution in [3.63, 3.8) is 0 Å². The summed E-state index contributed by atoms with van der Waals surface area (Å²) in [5.74, 6) is -3.34. The van der Waals surface area contributed by atoms with Crippen molar-refractivity contribution >= 4 is 23.5 Å². The minimum Gasteiger partial charge on any atom is -0.478 e. The fraction of sp³-hybridized carbons (Fsp3) is 0.0476. The van der Waals surface area contributed by atoms with Gasteiger partial charge in [-0.15, -0.1) is 5.10 Å². The fourth-order valence-corrected chi connectivity index (χ4v) is 3.16. The Morgan fingerprint density at radius 3 is 2.52 bits per heavy atom. The number of carboxylic acids is 1. The van der Waals surface area contributed by atoms with Crippen LogP contribution in [0.2, 0.25) is 5.02 Å². The van der Waals surface area contributed by atoms with Gasteiger partial charge in [-0.05, 0) is 24.3 Å². The van der Waals surface area contributed by atoms with Crippen LogP contribution in [0.1, 0.15) is 38.0 Å². The third kappa shape index (κ3) is 4.83. The number of nitrogens with zero attached hydrogens (tertiary/aromatic N) is 5. The topological polar surface area (TPSA) is 123 Å². The number of carbonyl (C=O) groups is 2. The maximum absolute atomic E-state index is 14.7. The molecule has 1 amide bonds. The van der Waals surface area contributed by atoms with E-state index in [2.05, 4.69) is 25.6 Å². The molecule has 4 rings (SSSR count). The van der Waals surface area contributed by atoms with Crippen LogP contribution in [0.5, 0.6) is 0 Å². The van der Waals surface area contributed by atoms with Gasteiger partial charge in [0.05, 0.1) is 35.4 Å². The van der Waals surface area contributed by atoms with Gasteiger partial charge < -0.3 is 10.4 Å². The Morgan fingerprint density at radius 2 is 1.79 bits per heavy atom. The molecule has 3 aromatic heterocycles. The number of hydrogen-bond acceptors (Lipinski definition) is 6. The summed E-state index contributed by atoms with van der Waals surface area (Å²) < 4.78 is 29.5. The average Bonchev–Trinajstić information content (AvgIpc) is 3.28. The molecular weight excluding hydrogens is 458 g/mol. The van der Waals surface area contributed by atoms with Crippen LogP contribution >= 0.6 is 11.6 Å². The first-order chi connectivity index (χ1) is 15.8. The molecule has 4 aromatic rings. The van der Waals surface area contributed by atoms with Crippen LogP contribution in [0.3, 0.4) is 0 Å². The Labute approximate surface area is 189 Å². The number of aromatic nitrogens is 5. The highest BCUT2D eigenvalue weighted by Crippen LogP contribution is 2.26. The van der Waals surface area contributed by atoms with E-state index in [9.17, 15) is 18.4 Å². The number of hydrogen-bond donors (Lipinski definition) is 2. The van der Waals surface area contributed by atoms with Crippen molar-refractivity contribution in [3.05, 3.63) is 100 Å². The zero-order valence-electron chi connectivity index (χ0n) is 16.5. The number of carboxylic acid groups (broad SMARTS) is 1. The van der Waals surface area contributed by atoms with Crippen molar-refractivity contribution in [3.8, 4) is 5.69 Å². The third-order valence-electron chi connectivity index (χ3n) is 4.56. The quantitative estimate of drug-likeness (QED) is 0.443. The van der Waals surface area contributed by atoms with E-state index in [4.69, 9.17) is 16.7 Å². The van der Waals surface area contributed by atoms with Crippen molar-refractivity contribution in [1.82, 2.24) is 30.3 Å². The van der Waals surface area contributed by atoms with Crippen molar-refractivity contribution in [2.75, 3.05) is 0 Å². The maximum Gasteiger partial charge on any atom is 0.337 e. The number of nitrogens with one attached hydrogen (secondary N) is 1. The molecular formula is C21H13ClF2N6O3. The highest BCUT2D eigenvalue weighted by Gasteiger charge is 2.25. The van der Waals surface area contributed by atoms with Gasteiger partial charge in [-0.2, -0.15) is 0 Å². The lowest BCUT2D eigenvalue weighted by Crippen LogP contribution is -2.30. The Hall–Kier alpha value is -4.25. The molecule has 33 heavy (non-hydrogen) atoms. The van der Waals surface area contributed by atoms with E-state index < -0.39 is 29.6 Å². The van der Waals surface area contributed by atoms with Gasteiger partial charge in [0.25, 0.3) is 5.91 Å². The maximum atomic E-state index is 14.7. The van der Waals surface area contributed by atoms with Crippen LogP contribution in [0.4, 0.5) is 8.78 Å². The minimum absolute atomic E-state index is 0.0292. The molecule has 0 aliphatic heterocycles. The number of aromatic carboxylic acids is 1. The van der Waals surface area contributed by atoms with E-state index in [1.165, 1.54) is 41.5 Å². The first-order valence-electron chi connectivity index (χ1n) is 9.29. The van der Waals surface area contributed by atoms with Crippen LogP contribution in [0.15, 0.2) is 61.3 Å². The average molecular weight is 471 g/mol. The standard InChI is InChI=1S/C21H13ClF2N6O3/c22-13-1-2-16(17(24)5-13)19(27-20(31)11-3-14(23)8-25-6-11)18-10-30(29-28-18)15-4-12(21(32)33)7-26-9-15/h1-10,19H,(H,27,31)(H,32,33). The lowest BCUT2D eigenvalue weighted by atomic mass is 10.0. The van der Waals surface area contributed by atoms with E-state index in [0.717, 1.165) is 24.5 Å². The molecule has 1 aromatic carbocycles. The molecule has 0 spiro atoms. The molecule has 166 valence electrons. The van der Waals surface area contributed by atoms with Gasteiger partial charge in [0.1, 0.15) is 23.4 Å². The summed E-state index contributed by atoms with van der Waals surface area (Å²) in [4.78, 5) is 31.4. The van der Waals surface area contributed by atoms with Gasteiger partial charge in [-0.3, -0.25) is 14.8 Å². The minimum atomic E-state index is -1.18. The molecule has 1 unspecified atom stereocenters. The molecule has 12 heteroatoms. The largest absolute Gasteiger partial charge is 0.478 e. The van der Waals surface area contributed by atoms with Crippen LogP contribution in [-0.2, 0) is 0 Å². The first-order valence-corrected chi connectivity index (χ1v) is 9.67. The van der Waals surface area contributed by atoms with Gasteiger partial charge in [0.15, 0.2) is 0 Å². The third-order valence-corrected chi connectivity index (χ3v) is 4.79. The molecule has 9 nitrogen and oxygen atoms in total. The van der Waals surface area contributed by atoms with Gasteiger partial charge in [-0.1, -0.05) is 22.9 Å². The second kappa shape index (κ2) is 9.09. The molecule has 0 saturated carbocycles. The summed E-state index contributed by atoms with van der Waals surface area (Å²) in [6.07, 6.45) is 6.01. The molecule has 0 bridgehead atoms. The highest BCUT2D eigenvalue weighted by atomic mass is 35.5. The van der Waals surface area contributed by atoms with E-state index in [-0.39, 0.29) is 33.1 Å². The molecule has 0 saturated heterocycles. The number of carbonyl (C=O) groups excluding carboxylic acids is 1. The fourth-order valence-electron chi connectivity index (χ4n) is 3.00. The highest BCUT2D eigenvalue weighted by molar-refractivity contribution is 6.30. The lowest BCUT2D eigenvalue weighted by Gasteiger charge is -2.18. The van der Waals surface area contributed by atoms with Crippen molar-refractivity contribution < 1.29 is 23.5 Å². The summed E-state index contributed by atoms with van der Waals surface area (Å²) in [5.41, 5.74) is 0.276. The second-order valence-electron chi connectivity index (χ2n) is 6.79. The number of benzene rings is 1. The SMILES string of the molecule is O=C(O)c1cncc(-n2cc(C(NC(=O)c3cncc(F)c3)c3ccc(Cl)cc3F)nn2)c1. The first kappa shape index (κ1) is 22.0. The Bertz CT molecular complexity index is 1360. The van der Waals surface area contributed by atoms with Crippen LogP contribution < -0.4 is 5.32 Å². The van der Waals surface area contributed by atoms with Gasteiger partial charge in [-0.25, -0.2) is 18.3 Å². The van der Waals surface area contributed by atoms with Gasteiger partial charge in [0.2, 0.25) is 0 Å². The normalized spacial score (nSPS) is 11.7. The lowest BCUT2D eigenvalue weighted by molar-refractivity contribution is 0.0696. The Morgan fingerprint density at radius 1 is 1.03 bits per heavy atom. The zero-order valence-corrected chi connectivity index (χ0v) is 17.2. The predicted octanol–water partition coefficient (Wildman–Crippen LogP) is 3.21. The number of pyridine rings is 2. The smallest absolute Gasteiger partial charge is 0.337 e. The summed E-state index contributed by atoms with van der Waals surface area (Å²) >= 11 is 5.85. The Kier molecular flexibility index (Phi) is 6.05. The summed E-state index contributed by atoms with van der Waals surface area (Å²) in [6.45, 7) is 0. The van der Waals surface area contributed by atoms with Crippen LogP contribution in [-0.4, -0.2) is 41.9 Å². The molecule has 0 aliphatic rings. The van der Waals surface area contributed by atoms with Crippen molar-refractivity contribution in [1.29, 1.82) is 0 Å². The zero-order chi connectivity index (χ0) is 23.5. The molecule has 0 fully saturated rings. The van der Waals surface area contributed by atoms with Gasteiger partial charge in [0, 0.05) is 23.0 Å². The number of rotatable bonds is 6. The molecule has 0 aliphatic carbocycles. The number of halogens is 3. The van der Waals surface area contributed by atoms with E-state index >= 15 is 0 Å². The second-order valence-corrected chi connectivity index (χ2v) is 7.23. The summed E-state index contributed by atoms with van der Waals surface area (Å²) in [5, 5.41) is 19.8. The van der Waals surface area contributed by atoms with Crippen LogP contribution in [0, 0.1) is 11.6 Å². The number of amides is 1. The van der Waals surface area contributed by atoms with Gasteiger partial charge >= 0.3 is 5.97 Å². The monoisotopic (exact) mass is 470 g/mol. The van der Waals surface area contributed by atoms with Crippen LogP contribution in [0.25, 0.3) is 5.69 Å². The Balaban J connectivity index is 1.73. The van der Waals surface area contributed by atoms with Crippen molar-refractivity contribution in [2.24, 2.45) is 0 Å². The molecule has 0 radical (unpaired) electrons. The predicted molar refractivity (Wildman–Crippen MR) is 111 cm³/mol.